The second-order valence-corrected chi connectivity index (χ2v) is 4.41. The lowest BCUT2D eigenvalue weighted by molar-refractivity contribution is -0.135. The molecule has 0 radical (unpaired) electrons. The number of benzene rings is 1. The SMILES string of the molecule is CN(C)C(=O)CCN(CC(=O)O)c1ccccc1N. The summed E-state index contributed by atoms with van der Waals surface area (Å²) in [5.41, 5.74) is 6.97. The van der Waals surface area contributed by atoms with Crippen LogP contribution in [0.2, 0.25) is 0 Å². The first kappa shape index (κ1) is 14.8. The van der Waals surface area contributed by atoms with Gasteiger partial charge in [0.25, 0.3) is 0 Å². The molecular weight excluding hydrogens is 246 g/mol. The lowest BCUT2D eigenvalue weighted by atomic mass is 10.2. The molecule has 0 atom stereocenters. The zero-order chi connectivity index (χ0) is 14.4. The Kier molecular flexibility index (Phi) is 5.17. The van der Waals surface area contributed by atoms with E-state index in [9.17, 15) is 9.59 Å². The maximum atomic E-state index is 11.6. The van der Waals surface area contributed by atoms with Crippen molar-refractivity contribution in [2.75, 3.05) is 37.8 Å². The highest BCUT2D eigenvalue weighted by atomic mass is 16.4. The number of carboxylic acid groups (broad SMARTS) is 1. The fraction of sp³-hybridized carbons (Fsp3) is 0.385. The Bertz CT molecular complexity index is 460. The number of carbonyl (C=O) groups is 2. The third-order valence-corrected chi connectivity index (χ3v) is 2.70. The number of carbonyl (C=O) groups excluding carboxylic acids is 1. The van der Waals surface area contributed by atoms with Crippen LogP contribution in [-0.2, 0) is 9.59 Å². The average Bonchev–Trinajstić information content (AvgIpc) is 2.34. The molecule has 0 unspecified atom stereocenters. The van der Waals surface area contributed by atoms with Crippen molar-refractivity contribution < 1.29 is 14.7 Å². The van der Waals surface area contributed by atoms with Crippen LogP contribution in [-0.4, -0.2) is 49.1 Å². The number of amides is 1. The van der Waals surface area contributed by atoms with E-state index in [2.05, 4.69) is 0 Å². The Balaban J connectivity index is 2.81. The van der Waals surface area contributed by atoms with E-state index in [-0.39, 0.29) is 18.9 Å². The summed E-state index contributed by atoms with van der Waals surface area (Å²) in [5.74, 6) is -1.01. The van der Waals surface area contributed by atoms with Crippen LogP contribution in [0.15, 0.2) is 24.3 Å². The van der Waals surface area contributed by atoms with Crippen LogP contribution >= 0.6 is 0 Å². The van der Waals surface area contributed by atoms with Gasteiger partial charge in [0.2, 0.25) is 5.91 Å². The number of anilines is 2. The zero-order valence-corrected chi connectivity index (χ0v) is 11.2. The lowest BCUT2D eigenvalue weighted by Gasteiger charge is -2.24. The first-order valence-corrected chi connectivity index (χ1v) is 5.93. The normalized spacial score (nSPS) is 10.0. The largest absolute Gasteiger partial charge is 0.480 e. The summed E-state index contributed by atoms with van der Waals surface area (Å²) >= 11 is 0. The summed E-state index contributed by atoms with van der Waals surface area (Å²) < 4.78 is 0. The number of para-hydroxylation sites is 2. The van der Waals surface area contributed by atoms with Crippen molar-refractivity contribution >= 4 is 23.3 Å². The van der Waals surface area contributed by atoms with E-state index in [1.54, 1.807) is 43.3 Å². The average molecular weight is 265 g/mol. The van der Waals surface area contributed by atoms with Gasteiger partial charge in [0.05, 0.1) is 11.4 Å². The molecule has 0 bridgehead atoms. The Morgan fingerprint density at radius 1 is 1.26 bits per heavy atom. The molecule has 104 valence electrons. The Morgan fingerprint density at radius 3 is 2.42 bits per heavy atom. The van der Waals surface area contributed by atoms with Gasteiger partial charge in [-0.05, 0) is 12.1 Å². The van der Waals surface area contributed by atoms with Crippen LogP contribution in [0, 0.1) is 0 Å². The third-order valence-electron chi connectivity index (χ3n) is 2.70. The fourth-order valence-corrected chi connectivity index (χ4v) is 1.68. The summed E-state index contributed by atoms with van der Waals surface area (Å²) in [7, 11) is 3.33. The van der Waals surface area contributed by atoms with Crippen LogP contribution in [0.4, 0.5) is 11.4 Å². The molecule has 1 aromatic rings. The van der Waals surface area contributed by atoms with E-state index in [0.29, 0.717) is 17.9 Å². The molecular formula is C13H19N3O3. The molecule has 0 saturated carbocycles. The van der Waals surface area contributed by atoms with E-state index in [1.807, 2.05) is 0 Å². The van der Waals surface area contributed by atoms with Gasteiger partial charge < -0.3 is 20.6 Å². The minimum absolute atomic E-state index is 0.0510. The van der Waals surface area contributed by atoms with Gasteiger partial charge in [-0.3, -0.25) is 9.59 Å². The van der Waals surface area contributed by atoms with Crippen LogP contribution in [0.25, 0.3) is 0 Å². The maximum Gasteiger partial charge on any atom is 0.323 e. The van der Waals surface area contributed by atoms with Crippen LogP contribution in [0.3, 0.4) is 0 Å². The van der Waals surface area contributed by atoms with E-state index < -0.39 is 5.97 Å². The van der Waals surface area contributed by atoms with Crippen molar-refractivity contribution in [3.8, 4) is 0 Å². The number of aliphatic carboxylic acids is 1. The highest BCUT2D eigenvalue weighted by Gasteiger charge is 2.15. The number of nitrogens with two attached hydrogens (primary N) is 1. The number of rotatable bonds is 6. The minimum Gasteiger partial charge on any atom is -0.480 e. The molecule has 0 heterocycles. The van der Waals surface area contributed by atoms with Gasteiger partial charge in [-0.15, -0.1) is 0 Å². The molecule has 6 nitrogen and oxygen atoms in total. The summed E-state index contributed by atoms with van der Waals surface area (Å²) in [4.78, 5) is 25.5. The third kappa shape index (κ3) is 4.50. The molecule has 0 aliphatic rings. The number of hydrogen-bond donors (Lipinski definition) is 2. The molecule has 1 rings (SSSR count). The molecule has 3 N–H and O–H groups in total. The maximum absolute atomic E-state index is 11.6. The van der Waals surface area contributed by atoms with Crippen molar-refractivity contribution in [2.24, 2.45) is 0 Å². The van der Waals surface area contributed by atoms with Gasteiger partial charge in [-0.1, -0.05) is 12.1 Å². The molecule has 0 aliphatic heterocycles. The highest BCUT2D eigenvalue weighted by Crippen LogP contribution is 2.22. The zero-order valence-electron chi connectivity index (χ0n) is 11.2. The highest BCUT2D eigenvalue weighted by molar-refractivity contribution is 5.79. The number of hydrogen-bond acceptors (Lipinski definition) is 4. The van der Waals surface area contributed by atoms with Gasteiger partial charge in [0, 0.05) is 27.1 Å². The first-order chi connectivity index (χ1) is 8.91. The number of carboxylic acids is 1. The summed E-state index contributed by atoms with van der Waals surface area (Å²) in [6, 6.07) is 7.02. The lowest BCUT2D eigenvalue weighted by Crippen LogP contribution is -2.34. The quantitative estimate of drug-likeness (QED) is 0.737. The standard InChI is InChI=1S/C13H19N3O3/c1-15(2)12(17)7-8-16(9-13(18)19)11-6-4-3-5-10(11)14/h3-6H,7-9,14H2,1-2H3,(H,18,19). The second-order valence-electron chi connectivity index (χ2n) is 4.41. The van der Waals surface area contributed by atoms with Crippen molar-refractivity contribution in [3.63, 3.8) is 0 Å². The summed E-state index contributed by atoms with van der Waals surface area (Å²) in [6.45, 7) is 0.131. The van der Waals surface area contributed by atoms with Crippen molar-refractivity contribution in [1.29, 1.82) is 0 Å². The molecule has 1 amide bonds. The van der Waals surface area contributed by atoms with E-state index in [4.69, 9.17) is 10.8 Å². The Labute approximate surface area is 112 Å². The van der Waals surface area contributed by atoms with Crippen molar-refractivity contribution in [2.45, 2.75) is 6.42 Å². The van der Waals surface area contributed by atoms with Crippen LogP contribution in [0.1, 0.15) is 6.42 Å². The molecule has 0 aliphatic carbocycles. The minimum atomic E-state index is -0.958. The van der Waals surface area contributed by atoms with E-state index in [0.717, 1.165) is 0 Å². The van der Waals surface area contributed by atoms with Crippen LogP contribution < -0.4 is 10.6 Å². The predicted molar refractivity (Wildman–Crippen MR) is 74.0 cm³/mol. The number of nitrogens with zero attached hydrogens (tertiary/aromatic N) is 2. The van der Waals surface area contributed by atoms with Crippen LogP contribution in [0.5, 0.6) is 0 Å². The Hall–Kier alpha value is -2.24. The van der Waals surface area contributed by atoms with Gasteiger partial charge >= 0.3 is 5.97 Å². The van der Waals surface area contributed by atoms with Crippen molar-refractivity contribution in [1.82, 2.24) is 4.90 Å². The van der Waals surface area contributed by atoms with E-state index >= 15 is 0 Å². The first-order valence-electron chi connectivity index (χ1n) is 5.93. The van der Waals surface area contributed by atoms with Gasteiger partial charge in [-0.25, -0.2) is 0 Å². The summed E-state index contributed by atoms with van der Waals surface area (Å²) in [5, 5.41) is 8.93. The van der Waals surface area contributed by atoms with Gasteiger partial charge in [0.15, 0.2) is 0 Å². The Morgan fingerprint density at radius 2 is 1.89 bits per heavy atom. The summed E-state index contributed by atoms with van der Waals surface area (Å²) in [6.07, 6.45) is 0.245. The second kappa shape index (κ2) is 6.63. The fourth-order valence-electron chi connectivity index (χ4n) is 1.68. The molecule has 19 heavy (non-hydrogen) atoms. The molecule has 0 aromatic heterocycles. The van der Waals surface area contributed by atoms with Crippen molar-refractivity contribution in [3.05, 3.63) is 24.3 Å². The monoisotopic (exact) mass is 265 g/mol. The molecule has 6 heteroatoms. The molecule has 0 fully saturated rings. The molecule has 0 saturated heterocycles. The smallest absolute Gasteiger partial charge is 0.323 e. The van der Waals surface area contributed by atoms with Gasteiger partial charge in [0.1, 0.15) is 6.54 Å². The number of nitrogen functional groups attached to an aromatic ring is 1. The predicted octanol–water partition coefficient (Wildman–Crippen LogP) is 0.638. The van der Waals surface area contributed by atoms with Gasteiger partial charge in [-0.2, -0.15) is 0 Å². The molecule has 0 spiro atoms. The molecule has 1 aromatic carbocycles. The van der Waals surface area contributed by atoms with E-state index in [1.165, 1.54) is 4.90 Å². The topological polar surface area (TPSA) is 86.9 Å².